The van der Waals surface area contributed by atoms with Crippen molar-refractivity contribution in [3.8, 4) is 0 Å². The lowest BCUT2D eigenvalue weighted by Gasteiger charge is -2.16. The molecule has 1 amide bonds. The summed E-state index contributed by atoms with van der Waals surface area (Å²) in [6, 6.07) is 15.9. The first-order valence-corrected chi connectivity index (χ1v) is 7.29. The highest BCUT2D eigenvalue weighted by Gasteiger charge is 2.21. The molecule has 0 spiro atoms. The van der Waals surface area contributed by atoms with Crippen LogP contribution in [-0.4, -0.2) is 5.91 Å². The van der Waals surface area contributed by atoms with Gasteiger partial charge in [0.25, 0.3) is 5.91 Å². The average molecular weight is 286 g/mol. The van der Waals surface area contributed by atoms with E-state index in [0.717, 1.165) is 10.5 Å². The Morgan fingerprint density at radius 2 is 1.85 bits per heavy atom. The fraction of sp³-hybridized carbons (Fsp3) is 0.188. The largest absolute Gasteiger partial charge is 0.293 e. The van der Waals surface area contributed by atoms with Crippen LogP contribution in [0, 0.1) is 13.8 Å². The smallest absolute Gasteiger partial charge is 0.251 e. The van der Waals surface area contributed by atoms with Crippen molar-refractivity contribution in [2.75, 3.05) is 0 Å². The molecule has 0 aliphatic carbocycles. The van der Waals surface area contributed by atoms with E-state index in [2.05, 4.69) is 37.5 Å². The number of carbonyl (C=O) groups is 1. The van der Waals surface area contributed by atoms with Gasteiger partial charge in [0.15, 0.2) is 0 Å². The molecule has 4 heteroatoms. The molecule has 0 bridgehead atoms. The summed E-state index contributed by atoms with van der Waals surface area (Å²) >= 11 is 1.52. The molecule has 1 atom stereocenters. The molecular formula is C16H18N2OS. The molecule has 0 aromatic heterocycles. The van der Waals surface area contributed by atoms with E-state index in [1.165, 1.54) is 22.9 Å². The summed E-state index contributed by atoms with van der Waals surface area (Å²) in [6.07, 6.45) is 0. The molecule has 2 aromatic rings. The normalized spacial score (nSPS) is 11.9. The number of hydrogen-bond acceptors (Lipinski definition) is 3. The summed E-state index contributed by atoms with van der Waals surface area (Å²) in [5.74, 6) is 5.12. The Balaban J connectivity index is 2.31. The van der Waals surface area contributed by atoms with Crippen molar-refractivity contribution in [2.45, 2.75) is 24.0 Å². The van der Waals surface area contributed by atoms with E-state index in [-0.39, 0.29) is 11.2 Å². The molecule has 0 radical (unpaired) electrons. The van der Waals surface area contributed by atoms with Gasteiger partial charge in [-0.15, -0.1) is 11.8 Å². The highest BCUT2D eigenvalue weighted by molar-refractivity contribution is 8.00. The van der Waals surface area contributed by atoms with Gasteiger partial charge in [0.05, 0.1) is 0 Å². The highest BCUT2D eigenvalue weighted by Crippen LogP contribution is 2.37. The molecule has 0 heterocycles. The van der Waals surface area contributed by atoms with Crippen molar-refractivity contribution >= 4 is 17.7 Å². The zero-order valence-electron chi connectivity index (χ0n) is 11.6. The fourth-order valence-electron chi connectivity index (χ4n) is 2.03. The molecule has 2 aromatic carbocycles. The van der Waals surface area contributed by atoms with Crippen LogP contribution in [0.5, 0.6) is 0 Å². The molecule has 0 aliphatic heterocycles. The predicted octanol–water partition coefficient (Wildman–Crippen LogP) is 3.13. The number of hydrazine groups is 1. The molecule has 104 valence electrons. The molecule has 3 nitrogen and oxygen atoms in total. The molecular weight excluding hydrogens is 268 g/mol. The zero-order chi connectivity index (χ0) is 14.5. The van der Waals surface area contributed by atoms with Crippen molar-refractivity contribution in [2.24, 2.45) is 5.84 Å². The number of nitrogens with one attached hydrogen (secondary N) is 1. The molecule has 0 saturated heterocycles. The first-order chi connectivity index (χ1) is 9.61. The van der Waals surface area contributed by atoms with Crippen molar-refractivity contribution < 1.29 is 4.79 Å². The first kappa shape index (κ1) is 14.6. The summed E-state index contributed by atoms with van der Waals surface area (Å²) in [5, 5.41) is -0.345. The lowest BCUT2D eigenvalue weighted by atomic mass is 10.1. The first-order valence-electron chi connectivity index (χ1n) is 6.41. The van der Waals surface area contributed by atoms with Crippen LogP contribution in [0.3, 0.4) is 0 Å². The van der Waals surface area contributed by atoms with E-state index in [4.69, 9.17) is 5.84 Å². The van der Waals surface area contributed by atoms with Crippen molar-refractivity contribution in [1.29, 1.82) is 0 Å². The number of aryl methyl sites for hydroxylation is 2. The number of rotatable bonds is 4. The fourth-order valence-corrected chi connectivity index (χ4v) is 3.15. The number of hydrogen-bond donors (Lipinski definition) is 2. The maximum absolute atomic E-state index is 12.0. The van der Waals surface area contributed by atoms with Gasteiger partial charge < -0.3 is 0 Å². The Kier molecular flexibility index (Phi) is 4.82. The molecule has 0 aliphatic rings. The summed E-state index contributed by atoms with van der Waals surface area (Å²) in [4.78, 5) is 13.1. The lowest BCUT2D eigenvalue weighted by molar-refractivity contribution is -0.120. The third-order valence-corrected chi connectivity index (χ3v) is 4.49. The van der Waals surface area contributed by atoms with E-state index in [1.54, 1.807) is 0 Å². The number of thioether (sulfide) groups is 1. The molecule has 2 rings (SSSR count). The Hall–Kier alpha value is -1.78. The second-order valence-corrected chi connectivity index (χ2v) is 5.83. The minimum absolute atomic E-state index is 0.193. The summed E-state index contributed by atoms with van der Waals surface area (Å²) in [7, 11) is 0. The maximum atomic E-state index is 12.0. The van der Waals surface area contributed by atoms with Crippen LogP contribution in [0.15, 0.2) is 53.4 Å². The molecule has 20 heavy (non-hydrogen) atoms. The Morgan fingerprint density at radius 3 is 2.45 bits per heavy atom. The number of benzene rings is 2. The zero-order valence-corrected chi connectivity index (χ0v) is 12.4. The van der Waals surface area contributed by atoms with E-state index < -0.39 is 0 Å². The summed E-state index contributed by atoms with van der Waals surface area (Å²) < 4.78 is 0. The van der Waals surface area contributed by atoms with Crippen molar-refractivity contribution in [1.82, 2.24) is 5.43 Å². The van der Waals surface area contributed by atoms with Gasteiger partial charge in [-0.05, 0) is 31.0 Å². The molecule has 3 N–H and O–H groups in total. The summed E-state index contributed by atoms with van der Waals surface area (Å²) in [6.45, 7) is 4.11. The van der Waals surface area contributed by atoms with Crippen molar-refractivity contribution in [3.05, 3.63) is 65.2 Å². The van der Waals surface area contributed by atoms with Gasteiger partial charge in [-0.3, -0.25) is 10.2 Å². The van der Waals surface area contributed by atoms with Crippen LogP contribution in [0.1, 0.15) is 21.9 Å². The minimum Gasteiger partial charge on any atom is -0.293 e. The quantitative estimate of drug-likeness (QED) is 0.393. The average Bonchev–Trinajstić information content (AvgIpc) is 2.46. The summed E-state index contributed by atoms with van der Waals surface area (Å²) in [5.41, 5.74) is 5.58. The number of amides is 1. The van der Waals surface area contributed by atoms with Crippen molar-refractivity contribution in [3.63, 3.8) is 0 Å². The van der Waals surface area contributed by atoms with E-state index in [9.17, 15) is 4.79 Å². The predicted molar refractivity (Wildman–Crippen MR) is 83.3 cm³/mol. The number of nitrogens with two attached hydrogens (primary N) is 1. The molecule has 0 saturated carbocycles. The van der Waals surface area contributed by atoms with Gasteiger partial charge in [0.1, 0.15) is 5.25 Å². The third kappa shape index (κ3) is 3.40. The second kappa shape index (κ2) is 6.59. The van der Waals surface area contributed by atoms with E-state index in [0.29, 0.717) is 0 Å². The highest BCUT2D eigenvalue weighted by atomic mass is 32.2. The van der Waals surface area contributed by atoms with E-state index in [1.807, 2.05) is 30.3 Å². The van der Waals surface area contributed by atoms with Gasteiger partial charge >= 0.3 is 0 Å². The van der Waals surface area contributed by atoms with Gasteiger partial charge in [-0.25, -0.2) is 5.84 Å². The Morgan fingerprint density at radius 1 is 1.15 bits per heavy atom. The van der Waals surface area contributed by atoms with Gasteiger partial charge in [0.2, 0.25) is 0 Å². The Bertz CT molecular complexity index is 599. The maximum Gasteiger partial charge on any atom is 0.251 e. The minimum atomic E-state index is -0.345. The van der Waals surface area contributed by atoms with Crippen LogP contribution >= 0.6 is 11.8 Å². The van der Waals surface area contributed by atoms with E-state index >= 15 is 0 Å². The lowest BCUT2D eigenvalue weighted by Crippen LogP contribution is -2.33. The van der Waals surface area contributed by atoms with Crippen LogP contribution in [0.4, 0.5) is 0 Å². The van der Waals surface area contributed by atoms with Gasteiger partial charge in [-0.2, -0.15) is 0 Å². The third-order valence-electron chi connectivity index (χ3n) is 3.06. The van der Waals surface area contributed by atoms with Gasteiger partial charge in [0, 0.05) is 4.90 Å². The molecule has 0 fully saturated rings. The SMILES string of the molecule is Cc1ccc(SC(C(=O)NN)c2ccccc2)c(C)c1. The Labute approximate surface area is 123 Å². The number of carbonyl (C=O) groups excluding carboxylic acids is 1. The van der Waals surface area contributed by atoms with Gasteiger partial charge in [-0.1, -0.05) is 48.0 Å². The van der Waals surface area contributed by atoms with Crippen LogP contribution in [0.25, 0.3) is 0 Å². The topological polar surface area (TPSA) is 55.1 Å². The second-order valence-electron chi connectivity index (χ2n) is 4.69. The molecule has 1 unspecified atom stereocenters. The monoisotopic (exact) mass is 286 g/mol. The van der Waals surface area contributed by atoms with Crippen LogP contribution in [-0.2, 0) is 4.79 Å². The van der Waals surface area contributed by atoms with Crippen LogP contribution in [0.2, 0.25) is 0 Å². The van der Waals surface area contributed by atoms with Crippen LogP contribution < -0.4 is 11.3 Å². The standard InChI is InChI=1S/C16H18N2OS/c1-11-8-9-14(12(2)10-11)20-15(16(19)18-17)13-6-4-3-5-7-13/h3-10,15H,17H2,1-2H3,(H,18,19).